The van der Waals surface area contributed by atoms with E-state index in [1.807, 2.05) is 24.3 Å². The lowest BCUT2D eigenvalue weighted by molar-refractivity contribution is -0.384. The summed E-state index contributed by atoms with van der Waals surface area (Å²) in [7, 11) is 0. The third-order valence-corrected chi connectivity index (χ3v) is 3.71. The maximum atomic E-state index is 11.0. The van der Waals surface area contributed by atoms with Gasteiger partial charge in [-0.3, -0.25) is 14.9 Å². The fourth-order valence-corrected chi connectivity index (χ4v) is 2.23. The number of esters is 2. The van der Waals surface area contributed by atoms with Gasteiger partial charge in [0.05, 0.1) is 18.1 Å². The van der Waals surface area contributed by atoms with Crippen LogP contribution in [0.25, 0.3) is 6.08 Å². The second-order valence-electron chi connectivity index (χ2n) is 5.98. The molecule has 0 bridgehead atoms. The third kappa shape index (κ3) is 10.0. The zero-order valence-electron chi connectivity index (χ0n) is 17.1. The molecule has 0 saturated heterocycles. The summed E-state index contributed by atoms with van der Waals surface area (Å²) in [5, 5.41) is 10.4. The van der Waals surface area contributed by atoms with Crippen molar-refractivity contribution in [2.45, 2.75) is 26.7 Å². The number of benzene rings is 2. The Hall–Kier alpha value is -3.68. The molecule has 8 heteroatoms. The molecular weight excluding hydrogens is 388 g/mol. The van der Waals surface area contributed by atoms with Gasteiger partial charge in [0.2, 0.25) is 0 Å². The first kappa shape index (κ1) is 24.4. The summed E-state index contributed by atoms with van der Waals surface area (Å²) >= 11 is 0. The summed E-state index contributed by atoms with van der Waals surface area (Å²) in [6, 6.07) is 13.4. The number of nitrogens with two attached hydrogens (primary N) is 1. The molecule has 0 aromatic heterocycles. The predicted octanol–water partition coefficient (Wildman–Crippen LogP) is 3.94. The number of non-ortho nitro benzene ring substituents is 1. The summed E-state index contributed by atoms with van der Waals surface area (Å²) in [5.74, 6) is -0.579. The molecular formula is C22H26N2O6. The van der Waals surface area contributed by atoms with Gasteiger partial charge < -0.3 is 15.2 Å². The summed E-state index contributed by atoms with van der Waals surface area (Å²) in [5.41, 5.74) is 8.11. The van der Waals surface area contributed by atoms with Crippen LogP contribution in [0, 0.1) is 10.1 Å². The molecule has 160 valence electrons. The number of rotatable bonds is 8. The molecule has 0 aliphatic carbocycles. The van der Waals surface area contributed by atoms with E-state index in [2.05, 4.69) is 0 Å². The van der Waals surface area contributed by atoms with Gasteiger partial charge in [-0.25, -0.2) is 4.79 Å². The first-order chi connectivity index (χ1) is 14.3. The molecule has 0 spiro atoms. The SMILES string of the molecule is CCOC(=O)C=Cc1ccc([N+](=O)[O-])cc1.CCOC(=O)CCc1ccc(N)cc1. The minimum Gasteiger partial charge on any atom is -0.466 e. The number of nitro groups is 1. The second-order valence-corrected chi connectivity index (χ2v) is 5.98. The lowest BCUT2D eigenvalue weighted by Gasteiger charge is -2.02. The Morgan fingerprint density at radius 1 is 1.00 bits per heavy atom. The first-order valence-corrected chi connectivity index (χ1v) is 9.45. The molecule has 0 fully saturated rings. The van der Waals surface area contributed by atoms with Gasteiger partial charge in [-0.1, -0.05) is 12.1 Å². The maximum Gasteiger partial charge on any atom is 0.330 e. The molecule has 2 aromatic rings. The van der Waals surface area contributed by atoms with Crippen LogP contribution in [-0.2, 0) is 25.5 Å². The topological polar surface area (TPSA) is 122 Å². The lowest BCUT2D eigenvalue weighted by Crippen LogP contribution is -2.05. The van der Waals surface area contributed by atoms with Gasteiger partial charge in [-0.2, -0.15) is 0 Å². The highest BCUT2D eigenvalue weighted by Crippen LogP contribution is 2.12. The van der Waals surface area contributed by atoms with Gasteiger partial charge in [-0.15, -0.1) is 0 Å². The number of nitro benzene ring substituents is 1. The third-order valence-electron chi connectivity index (χ3n) is 3.71. The fourth-order valence-electron chi connectivity index (χ4n) is 2.23. The highest BCUT2D eigenvalue weighted by Gasteiger charge is 2.03. The van der Waals surface area contributed by atoms with E-state index in [1.165, 1.54) is 18.2 Å². The molecule has 2 rings (SSSR count). The van der Waals surface area contributed by atoms with E-state index in [0.29, 0.717) is 31.6 Å². The molecule has 0 amide bonds. The molecule has 30 heavy (non-hydrogen) atoms. The molecule has 2 N–H and O–H groups in total. The number of ether oxygens (including phenoxy) is 2. The Kier molecular flexibility index (Phi) is 11.0. The highest BCUT2D eigenvalue weighted by molar-refractivity contribution is 5.87. The van der Waals surface area contributed by atoms with Gasteiger partial charge in [0.25, 0.3) is 5.69 Å². The normalized spacial score (nSPS) is 10.1. The Morgan fingerprint density at radius 2 is 1.60 bits per heavy atom. The van der Waals surface area contributed by atoms with E-state index < -0.39 is 10.9 Å². The van der Waals surface area contributed by atoms with Gasteiger partial charge in [0, 0.05) is 30.3 Å². The molecule has 2 aromatic carbocycles. The predicted molar refractivity (Wildman–Crippen MR) is 115 cm³/mol. The summed E-state index contributed by atoms with van der Waals surface area (Å²) in [4.78, 5) is 31.9. The number of carbonyl (C=O) groups is 2. The van der Waals surface area contributed by atoms with Crippen molar-refractivity contribution in [3.63, 3.8) is 0 Å². The molecule has 0 unspecified atom stereocenters. The van der Waals surface area contributed by atoms with Crippen molar-refractivity contribution in [1.29, 1.82) is 0 Å². The second kappa shape index (κ2) is 13.5. The quantitative estimate of drug-likeness (QED) is 0.228. The Morgan fingerprint density at radius 3 is 2.13 bits per heavy atom. The number of anilines is 1. The number of hydrogen-bond acceptors (Lipinski definition) is 7. The number of nitrogen functional groups attached to an aromatic ring is 1. The van der Waals surface area contributed by atoms with Crippen molar-refractivity contribution in [3.8, 4) is 0 Å². The van der Waals surface area contributed by atoms with E-state index in [1.54, 1.807) is 32.1 Å². The van der Waals surface area contributed by atoms with Crippen LogP contribution in [-0.4, -0.2) is 30.1 Å². The lowest BCUT2D eigenvalue weighted by atomic mass is 10.1. The van der Waals surface area contributed by atoms with Crippen molar-refractivity contribution < 1.29 is 24.0 Å². The Bertz CT molecular complexity index is 845. The van der Waals surface area contributed by atoms with E-state index in [-0.39, 0.29) is 11.7 Å². The van der Waals surface area contributed by atoms with Crippen LogP contribution in [0.15, 0.2) is 54.6 Å². The monoisotopic (exact) mass is 414 g/mol. The van der Waals surface area contributed by atoms with E-state index in [4.69, 9.17) is 15.2 Å². The van der Waals surface area contributed by atoms with Crippen LogP contribution < -0.4 is 5.73 Å². The fraction of sp³-hybridized carbons (Fsp3) is 0.273. The molecule has 8 nitrogen and oxygen atoms in total. The Labute approximate surface area is 175 Å². The van der Waals surface area contributed by atoms with Gasteiger partial charge in [0.1, 0.15) is 0 Å². The van der Waals surface area contributed by atoms with Gasteiger partial charge in [-0.05, 0) is 61.7 Å². The zero-order valence-corrected chi connectivity index (χ0v) is 17.1. The van der Waals surface area contributed by atoms with Crippen molar-refractivity contribution in [1.82, 2.24) is 0 Å². The number of nitrogens with zero attached hydrogens (tertiary/aromatic N) is 1. The van der Waals surface area contributed by atoms with Crippen LogP contribution >= 0.6 is 0 Å². The Balaban J connectivity index is 0.000000303. The summed E-state index contributed by atoms with van der Waals surface area (Å²) in [6.07, 6.45) is 3.96. The van der Waals surface area contributed by atoms with Crippen molar-refractivity contribution >= 4 is 29.4 Å². The average Bonchev–Trinajstić information content (AvgIpc) is 2.73. The number of carbonyl (C=O) groups excluding carboxylic acids is 2. The maximum absolute atomic E-state index is 11.0. The highest BCUT2D eigenvalue weighted by atomic mass is 16.6. The van der Waals surface area contributed by atoms with Crippen LogP contribution in [0.2, 0.25) is 0 Å². The summed E-state index contributed by atoms with van der Waals surface area (Å²) < 4.78 is 9.52. The van der Waals surface area contributed by atoms with Crippen molar-refractivity contribution in [2.24, 2.45) is 0 Å². The minimum absolute atomic E-state index is 0.0216. The van der Waals surface area contributed by atoms with Crippen molar-refractivity contribution in [3.05, 3.63) is 75.8 Å². The minimum atomic E-state index is -0.473. The van der Waals surface area contributed by atoms with Crippen LogP contribution in [0.1, 0.15) is 31.4 Å². The first-order valence-electron chi connectivity index (χ1n) is 9.45. The van der Waals surface area contributed by atoms with E-state index >= 15 is 0 Å². The average molecular weight is 414 g/mol. The van der Waals surface area contributed by atoms with E-state index in [9.17, 15) is 19.7 Å². The number of hydrogen-bond donors (Lipinski definition) is 1. The van der Waals surface area contributed by atoms with Crippen LogP contribution in [0.4, 0.5) is 11.4 Å². The molecule has 0 radical (unpaired) electrons. The van der Waals surface area contributed by atoms with Crippen molar-refractivity contribution in [2.75, 3.05) is 18.9 Å². The van der Waals surface area contributed by atoms with Gasteiger partial charge in [0.15, 0.2) is 0 Å². The van der Waals surface area contributed by atoms with Gasteiger partial charge >= 0.3 is 11.9 Å². The molecule has 0 heterocycles. The summed E-state index contributed by atoms with van der Waals surface area (Å²) in [6.45, 7) is 4.29. The molecule has 0 aliphatic heterocycles. The van der Waals surface area contributed by atoms with Crippen LogP contribution in [0.3, 0.4) is 0 Å². The molecule has 0 aliphatic rings. The van der Waals surface area contributed by atoms with E-state index in [0.717, 1.165) is 11.3 Å². The largest absolute Gasteiger partial charge is 0.466 e. The smallest absolute Gasteiger partial charge is 0.330 e. The molecule has 0 saturated carbocycles. The zero-order chi connectivity index (χ0) is 22.4. The molecule has 0 atom stereocenters. The standard InChI is InChI=1S/C11H11NO4.C11H15NO2/c1-2-16-11(13)8-5-9-3-6-10(7-4-9)12(14)15;1-2-14-11(13)8-5-9-3-6-10(12)7-4-9/h3-8H,2H2,1H3;3-4,6-7H,2,5,8,12H2,1H3. The number of aryl methyl sites for hydroxylation is 1. The van der Waals surface area contributed by atoms with Crippen LogP contribution in [0.5, 0.6) is 0 Å².